The summed E-state index contributed by atoms with van der Waals surface area (Å²) in [5, 5.41) is 42.2. The van der Waals surface area contributed by atoms with Crippen LogP contribution < -0.4 is 4.52 Å². The van der Waals surface area contributed by atoms with E-state index in [1.54, 1.807) is 25.1 Å². The van der Waals surface area contributed by atoms with E-state index in [9.17, 15) is 39.1 Å². The number of phosphoric acid groups is 2. The Bertz CT molecular complexity index is 1240. The minimum absolute atomic E-state index is 0.119. The largest absolute Gasteiger partial charge is 0.530 e. The second kappa shape index (κ2) is 16.6. The molecule has 2 aliphatic rings. The molecule has 262 valence electrons. The van der Waals surface area contributed by atoms with Crippen LogP contribution in [0.25, 0.3) is 0 Å². The van der Waals surface area contributed by atoms with Crippen LogP contribution in [0.15, 0.2) is 18.2 Å². The number of hydrogen-bond donors (Lipinski definition) is 4. The smallest absolute Gasteiger partial charge is 0.432 e. The van der Waals surface area contributed by atoms with E-state index in [1.165, 1.54) is 27.7 Å². The topological polar surface area (TPSA) is 251 Å². The van der Waals surface area contributed by atoms with Crippen molar-refractivity contribution < 1.29 is 90.0 Å². The number of fused-ring (bicyclic) bond motifs is 1. The lowest BCUT2D eigenvalue weighted by Gasteiger charge is -2.42. The third kappa shape index (κ3) is 10.8. The van der Waals surface area contributed by atoms with Crippen molar-refractivity contribution in [1.29, 1.82) is 0 Å². The Balaban J connectivity index is 1.68. The lowest BCUT2D eigenvalue weighted by Crippen LogP contribution is -2.61. The molecule has 4 N–H and O–H groups in total. The summed E-state index contributed by atoms with van der Waals surface area (Å²) in [4.78, 5) is 23.3. The molecular formula is C25H38O19P2. The molecule has 1 unspecified atom stereocenters. The molecule has 19 nitrogen and oxygen atoms in total. The third-order valence-corrected chi connectivity index (χ3v) is 8.65. The van der Waals surface area contributed by atoms with Gasteiger partial charge in [0.1, 0.15) is 36.3 Å². The van der Waals surface area contributed by atoms with E-state index in [2.05, 4.69) is 9.47 Å². The van der Waals surface area contributed by atoms with Gasteiger partial charge in [-0.05, 0) is 46.2 Å². The highest BCUT2D eigenvalue weighted by atomic mass is 31.2. The first kappa shape index (κ1) is 38.1. The van der Waals surface area contributed by atoms with Crippen LogP contribution in [-0.2, 0) is 62.0 Å². The Morgan fingerprint density at radius 2 is 1.57 bits per heavy atom. The van der Waals surface area contributed by atoms with Crippen LogP contribution in [0.1, 0.15) is 38.8 Å². The van der Waals surface area contributed by atoms with Gasteiger partial charge in [0.25, 0.3) is 0 Å². The van der Waals surface area contributed by atoms with Gasteiger partial charge in [0.15, 0.2) is 6.29 Å². The monoisotopic (exact) mass is 704 g/mol. The summed E-state index contributed by atoms with van der Waals surface area (Å²) in [5.41, 5.74) is 1.45. The fourth-order valence-electron chi connectivity index (χ4n) is 3.80. The second-order valence-electron chi connectivity index (χ2n) is 10.3. The average molecular weight is 705 g/mol. The molecule has 46 heavy (non-hydrogen) atoms. The van der Waals surface area contributed by atoms with Crippen molar-refractivity contribution in [2.24, 2.45) is 0 Å². The van der Waals surface area contributed by atoms with Gasteiger partial charge < -0.3 is 48.6 Å². The molecule has 2 heterocycles. The Morgan fingerprint density at radius 1 is 0.978 bits per heavy atom. The lowest BCUT2D eigenvalue weighted by molar-refractivity contribution is -0.294. The maximum absolute atomic E-state index is 13.4. The van der Waals surface area contributed by atoms with E-state index in [0.29, 0.717) is 5.56 Å². The van der Waals surface area contributed by atoms with Gasteiger partial charge in [-0.3, -0.25) is 13.6 Å². The van der Waals surface area contributed by atoms with Gasteiger partial charge in [-0.25, -0.2) is 27.8 Å². The third-order valence-electron chi connectivity index (χ3n) is 6.01. The van der Waals surface area contributed by atoms with Gasteiger partial charge in [0.05, 0.1) is 25.4 Å². The first-order chi connectivity index (χ1) is 21.5. The molecular weight excluding hydrogens is 666 g/mol. The zero-order chi connectivity index (χ0) is 34.2. The fourth-order valence-corrected chi connectivity index (χ4v) is 6.00. The predicted octanol–water partition coefficient (Wildman–Crippen LogP) is 2.39. The maximum Gasteiger partial charge on any atom is 0.530 e. The molecule has 1 fully saturated rings. The van der Waals surface area contributed by atoms with Gasteiger partial charge in [-0.15, -0.1) is 0 Å². The maximum atomic E-state index is 13.4. The molecule has 0 bridgehead atoms. The number of aliphatic hydroxyl groups is 4. The molecule has 7 atom stereocenters. The van der Waals surface area contributed by atoms with Crippen molar-refractivity contribution in [1.82, 2.24) is 0 Å². The Hall–Kier alpha value is -2.38. The normalized spacial score (nSPS) is 27.0. The van der Waals surface area contributed by atoms with E-state index >= 15 is 0 Å². The summed E-state index contributed by atoms with van der Waals surface area (Å²) < 4.78 is 81.2. The number of hydrogen-bond acceptors (Lipinski definition) is 19. The number of ether oxygens (including phenoxy) is 5. The van der Waals surface area contributed by atoms with Gasteiger partial charge in [0.2, 0.25) is 13.6 Å². The van der Waals surface area contributed by atoms with Crippen molar-refractivity contribution in [3.05, 3.63) is 29.3 Å². The molecule has 1 saturated heterocycles. The molecule has 3 rings (SSSR count). The van der Waals surface area contributed by atoms with Crippen molar-refractivity contribution in [2.75, 3.05) is 20.2 Å². The van der Waals surface area contributed by atoms with Crippen LogP contribution in [0.4, 0.5) is 9.59 Å². The molecule has 0 aliphatic carbocycles. The van der Waals surface area contributed by atoms with Gasteiger partial charge in [-0.2, -0.15) is 0 Å². The van der Waals surface area contributed by atoms with Crippen LogP contribution in [0, 0.1) is 6.92 Å². The highest BCUT2D eigenvalue weighted by Gasteiger charge is 2.50. The van der Waals surface area contributed by atoms with Crippen molar-refractivity contribution >= 4 is 28.0 Å². The predicted molar refractivity (Wildman–Crippen MR) is 149 cm³/mol. The summed E-state index contributed by atoms with van der Waals surface area (Å²) in [6.45, 7) is 4.72. The second-order valence-corrected chi connectivity index (χ2v) is 13.6. The molecule has 0 saturated carbocycles. The van der Waals surface area contributed by atoms with Crippen LogP contribution in [0.3, 0.4) is 0 Å². The van der Waals surface area contributed by atoms with E-state index in [-0.39, 0.29) is 12.4 Å². The molecule has 2 aliphatic heterocycles. The molecule has 0 spiro atoms. The van der Waals surface area contributed by atoms with Crippen molar-refractivity contribution in [3.8, 4) is 5.75 Å². The summed E-state index contributed by atoms with van der Waals surface area (Å²) >= 11 is 0. The number of aliphatic hydroxyl groups excluding tert-OH is 4. The molecule has 1 aromatic rings. The minimum Gasteiger partial charge on any atom is -0.432 e. The highest BCUT2D eigenvalue weighted by molar-refractivity contribution is 7.49. The SMILES string of the molecule is Cc1cccc2c1COP(=O)(OC[C@@H](O)[C@H]1O[C@H](OP(=O)(OCOC(=O)OC(C)C)OCOC(=O)OC(C)C)[C@@H](O)[C@@H](O)[C@@H]1O)O2. The Kier molecular flexibility index (Phi) is 13.8. The summed E-state index contributed by atoms with van der Waals surface area (Å²) in [5.74, 6) is 0.240. The standard InChI is InChI=1S/C25H38O19P2/c1-13(2)40-24(30)34-11-38-46(33,39-12-35-25(31)41-14(3)4)44-23-21(29)19(27)20(28)22(42-23)17(26)10-37-45(32)36-9-16-15(5)7-6-8-18(16)43-45/h6-8,13-14,17,19-23,26-29H,9-12H2,1-5H3/t17-,19+,20+,21+,22-,23-,45?/m1/s1. The van der Waals surface area contributed by atoms with Crippen molar-refractivity contribution in [3.63, 3.8) is 0 Å². The highest BCUT2D eigenvalue weighted by Crippen LogP contribution is 2.55. The number of benzene rings is 1. The molecule has 21 heteroatoms. The number of carbonyl (C=O) groups excluding carboxylic acids is 2. The number of rotatable bonds is 14. The summed E-state index contributed by atoms with van der Waals surface area (Å²) in [6.07, 6.45) is -15.7. The van der Waals surface area contributed by atoms with E-state index < -0.39 is 97.2 Å². The van der Waals surface area contributed by atoms with Crippen LogP contribution in [0.2, 0.25) is 0 Å². The van der Waals surface area contributed by atoms with E-state index in [1.807, 2.05) is 0 Å². The van der Waals surface area contributed by atoms with Crippen molar-refractivity contribution in [2.45, 2.75) is 90.2 Å². The number of aryl methyl sites for hydroxylation is 1. The first-order valence-corrected chi connectivity index (χ1v) is 16.7. The quantitative estimate of drug-likeness (QED) is 0.123. The van der Waals surface area contributed by atoms with Gasteiger partial charge in [-0.1, -0.05) is 12.1 Å². The van der Waals surface area contributed by atoms with Crippen LogP contribution in [-0.4, -0.2) is 102 Å². The number of carbonyl (C=O) groups is 2. The molecule has 0 radical (unpaired) electrons. The first-order valence-electron chi connectivity index (χ1n) is 13.8. The Morgan fingerprint density at radius 3 is 2.13 bits per heavy atom. The fraction of sp³-hybridized carbons (Fsp3) is 0.680. The molecule has 1 aromatic carbocycles. The molecule has 0 aromatic heterocycles. The van der Waals surface area contributed by atoms with Crippen LogP contribution >= 0.6 is 15.6 Å². The lowest BCUT2D eigenvalue weighted by atomic mass is 9.96. The number of phosphoric ester groups is 2. The summed E-state index contributed by atoms with van der Waals surface area (Å²) in [6, 6.07) is 5.00. The zero-order valence-corrected chi connectivity index (χ0v) is 27.3. The average Bonchev–Trinajstić information content (AvgIpc) is 2.95. The Labute approximate surface area is 263 Å². The van der Waals surface area contributed by atoms with E-state index in [0.717, 1.165) is 5.56 Å². The summed E-state index contributed by atoms with van der Waals surface area (Å²) in [7, 11) is -9.29. The van der Waals surface area contributed by atoms with Gasteiger partial charge >= 0.3 is 28.0 Å². The minimum atomic E-state index is -5.03. The van der Waals surface area contributed by atoms with Crippen LogP contribution in [0.5, 0.6) is 5.75 Å². The zero-order valence-electron chi connectivity index (χ0n) is 25.5. The molecule has 0 amide bonds. The van der Waals surface area contributed by atoms with Gasteiger partial charge in [0, 0.05) is 5.56 Å². The van der Waals surface area contributed by atoms with E-state index in [4.69, 9.17) is 41.4 Å².